The molecule has 2 aromatic rings. The maximum atomic E-state index is 12.8. The number of hydrogen-bond acceptors (Lipinski definition) is 3. The van der Waals surface area contributed by atoms with Crippen LogP contribution < -0.4 is 5.32 Å². The van der Waals surface area contributed by atoms with Crippen LogP contribution in [0, 0.1) is 0 Å². The fourth-order valence-electron chi connectivity index (χ4n) is 3.74. The molecule has 1 N–H and O–H groups in total. The lowest BCUT2D eigenvalue weighted by atomic mass is 10.1. The third-order valence-corrected chi connectivity index (χ3v) is 5.30. The van der Waals surface area contributed by atoms with E-state index in [2.05, 4.69) is 16.5 Å². The molecule has 6 heteroatoms. The molecule has 28 heavy (non-hydrogen) atoms. The van der Waals surface area contributed by atoms with Crippen LogP contribution in [0.2, 0.25) is 0 Å². The van der Waals surface area contributed by atoms with Crippen molar-refractivity contribution in [3.05, 3.63) is 42.7 Å². The standard InChI is InChI=1S/C22H30N4O2/c1-2-21(27)23-14-8-3-5-13-20-24-18-11-6-7-12-19(18)26(20)17-22(28)25-15-9-4-10-16-25/h2,6-7,11-12H,1,3-5,8-10,13-17H2,(H,23,27). The van der Waals surface area contributed by atoms with Gasteiger partial charge in [0.1, 0.15) is 12.4 Å². The number of unbranched alkanes of at least 4 members (excludes halogenated alkanes) is 2. The van der Waals surface area contributed by atoms with Gasteiger partial charge in [-0.05, 0) is 50.3 Å². The van der Waals surface area contributed by atoms with Gasteiger partial charge < -0.3 is 14.8 Å². The van der Waals surface area contributed by atoms with Crippen molar-refractivity contribution >= 4 is 22.8 Å². The van der Waals surface area contributed by atoms with Crippen molar-refractivity contribution in [1.82, 2.24) is 19.8 Å². The first-order valence-electron chi connectivity index (χ1n) is 10.3. The second-order valence-electron chi connectivity index (χ2n) is 7.35. The highest BCUT2D eigenvalue weighted by atomic mass is 16.2. The number of likely N-dealkylation sites (tertiary alicyclic amines) is 1. The molecule has 1 saturated heterocycles. The average molecular weight is 383 g/mol. The number of amides is 2. The van der Waals surface area contributed by atoms with E-state index < -0.39 is 0 Å². The summed E-state index contributed by atoms with van der Waals surface area (Å²) in [5.41, 5.74) is 1.98. The molecule has 0 radical (unpaired) electrons. The highest BCUT2D eigenvalue weighted by molar-refractivity contribution is 5.86. The van der Waals surface area contributed by atoms with Gasteiger partial charge in [0.2, 0.25) is 11.8 Å². The third kappa shape index (κ3) is 5.21. The van der Waals surface area contributed by atoms with Crippen molar-refractivity contribution in [1.29, 1.82) is 0 Å². The Morgan fingerprint density at radius 2 is 1.89 bits per heavy atom. The number of piperidine rings is 1. The fraction of sp³-hybridized carbons (Fsp3) is 0.500. The van der Waals surface area contributed by atoms with Crippen LogP contribution >= 0.6 is 0 Å². The minimum absolute atomic E-state index is 0.127. The van der Waals surface area contributed by atoms with Gasteiger partial charge in [-0.15, -0.1) is 0 Å². The monoisotopic (exact) mass is 382 g/mol. The van der Waals surface area contributed by atoms with E-state index in [0.717, 1.165) is 68.5 Å². The average Bonchev–Trinajstić information content (AvgIpc) is 3.08. The Hall–Kier alpha value is -2.63. The zero-order chi connectivity index (χ0) is 19.8. The van der Waals surface area contributed by atoms with E-state index in [1.54, 1.807) is 0 Å². The van der Waals surface area contributed by atoms with Crippen LogP contribution in [-0.4, -0.2) is 45.9 Å². The van der Waals surface area contributed by atoms with Crippen LogP contribution in [-0.2, 0) is 22.6 Å². The molecule has 1 aromatic carbocycles. The highest BCUT2D eigenvalue weighted by Crippen LogP contribution is 2.19. The largest absolute Gasteiger partial charge is 0.353 e. The molecule has 1 aromatic heterocycles. The van der Waals surface area contributed by atoms with Gasteiger partial charge in [-0.1, -0.05) is 25.1 Å². The molecule has 0 atom stereocenters. The third-order valence-electron chi connectivity index (χ3n) is 5.30. The van der Waals surface area contributed by atoms with E-state index in [1.807, 2.05) is 29.2 Å². The maximum absolute atomic E-state index is 12.8. The first kappa shape index (κ1) is 20.1. The predicted molar refractivity (Wildman–Crippen MR) is 111 cm³/mol. The Bertz CT molecular complexity index is 821. The number of imidazole rings is 1. The molecule has 1 fully saturated rings. The number of hydrogen-bond donors (Lipinski definition) is 1. The van der Waals surface area contributed by atoms with Gasteiger partial charge in [-0.3, -0.25) is 9.59 Å². The van der Waals surface area contributed by atoms with Crippen LogP contribution in [0.5, 0.6) is 0 Å². The summed E-state index contributed by atoms with van der Waals surface area (Å²) in [5, 5.41) is 2.80. The number of carbonyl (C=O) groups is 2. The van der Waals surface area contributed by atoms with Gasteiger partial charge in [0, 0.05) is 26.1 Å². The Balaban J connectivity index is 1.61. The quantitative estimate of drug-likeness (QED) is 0.535. The summed E-state index contributed by atoms with van der Waals surface area (Å²) in [5.74, 6) is 1.04. The Labute approximate surface area is 166 Å². The van der Waals surface area contributed by atoms with Crippen molar-refractivity contribution in [2.45, 2.75) is 51.5 Å². The van der Waals surface area contributed by atoms with Gasteiger partial charge in [0.15, 0.2) is 0 Å². The van der Waals surface area contributed by atoms with Crippen LogP contribution in [0.1, 0.15) is 44.3 Å². The highest BCUT2D eigenvalue weighted by Gasteiger charge is 2.19. The number of para-hydroxylation sites is 2. The summed E-state index contributed by atoms with van der Waals surface area (Å²) in [4.78, 5) is 30.7. The van der Waals surface area contributed by atoms with Gasteiger partial charge in [0.05, 0.1) is 11.0 Å². The second-order valence-corrected chi connectivity index (χ2v) is 7.35. The van der Waals surface area contributed by atoms with Gasteiger partial charge in [-0.2, -0.15) is 0 Å². The molecular weight excluding hydrogens is 352 g/mol. The number of aromatic nitrogens is 2. The van der Waals surface area contributed by atoms with Crippen LogP contribution in [0.25, 0.3) is 11.0 Å². The lowest BCUT2D eigenvalue weighted by Gasteiger charge is -2.27. The van der Waals surface area contributed by atoms with Gasteiger partial charge in [-0.25, -0.2) is 4.98 Å². The molecule has 0 spiro atoms. The number of benzene rings is 1. The molecule has 1 aliphatic heterocycles. The Morgan fingerprint density at radius 3 is 2.68 bits per heavy atom. The summed E-state index contributed by atoms with van der Waals surface area (Å²) in [6.07, 6.45) is 8.45. The first-order chi connectivity index (χ1) is 13.7. The van der Waals surface area contributed by atoms with Crippen molar-refractivity contribution < 1.29 is 9.59 Å². The summed E-state index contributed by atoms with van der Waals surface area (Å²) in [6.45, 7) is 6.22. The van der Waals surface area contributed by atoms with Crippen LogP contribution in [0.15, 0.2) is 36.9 Å². The summed E-state index contributed by atoms with van der Waals surface area (Å²) < 4.78 is 2.09. The molecule has 3 rings (SSSR count). The topological polar surface area (TPSA) is 67.2 Å². The molecule has 0 bridgehead atoms. The summed E-state index contributed by atoms with van der Waals surface area (Å²) >= 11 is 0. The molecule has 150 valence electrons. The number of aryl methyl sites for hydroxylation is 1. The van der Waals surface area contributed by atoms with E-state index in [-0.39, 0.29) is 11.8 Å². The van der Waals surface area contributed by atoms with E-state index in [0.29, 0.717) is 13.1 Å². The van der Waals surface area contributed by atoms with E-state index in [1.165, 1.54) is 12.5 Å². The number of nitrogens with zero attached hydrogens (tertiary/aromatic N) is 3. The van der Waals surface area contributed by atoms with E-state index >= 15 is 0 Å². The first-order valence-corrected chi connectivity index (χ1v) is 10.3. The Kier molecular flexibility index (Phi) is 7.23. The molecule has 6 nitrogen and oxygen atoms in total. The zero-order valence-corrected chi connectivity index (χ0v) is 16.5. The minimum atomic E-state index is -0.127. The molecule has 0 aliphatic carbocycles. The Morgan fingerprint density at radius 1 is 1.11 bits per heavy atom. The second kappa shape index (κ2) is 10.1. The molecule has 2 heterocycles. The molecule has 1 aliphatic rings. The van der Waals surface area contributed by atoms with Crippen molar-refractivity contribution in [2.75, 3.05) is 19.6 Å². The SMILES string of the molecule is C=CC(=O)NCCCCCc1nc2ccccc2n1CC(=O)N1CCCCC1. The summed E-state index contributed by atoms with van der Waals surface area (Å²) in [6, 6.07) is 8.03. The molecular formula is C22H30N4O2. The van der Waals surface area contributed by atoms with Gasteiger partial charge in [0.25, 0.3) is 0 Å². The fourth-order valence-corrected chi connectivity index (χ4v) is 3.74. The van der Waals surface area contributed by atoms with E-state index in [4.69, 9.17) is 4.98 Å². The lowest BCUT2D eigenvalue weighted by molar-refractivity contribution is -0.132. The van der Waals surface area contributed by atoms with Crippen molar-refractivity contribution in [2.24, 2.45) is 0 Å². The number of rotatable bonds is 9. The van der Waals surface area contributed by atoms with Gasteiger partial charge >= 0.3 is 0 Å². The van der Waals surface area contributed by atoms with Crippen molar-refractivity contribution in [3.8, 4) is 0 Å². The maximum Gasteiger partial charge on any atom is 0.243 e. The normalized spacial score (nSPS) is 14.2. The molecule has 2 amide bonds. The number of fused-ring (bicyclic) bond motifs is 1. The number of carbonyl (C=O) groups excluding carboxylic acids is 2. The smallest absolute Gasteiger partial charge is 0.243 e. The summed E-state index contributed by atoms with van der Waals surface area (Å²) in [7, 11) is 0. The zero-order valence-electron chi connectivity index (χ0n) is 16.5. The molecule has 0 saturated carbocycles. The number of nitrogens with one attached hydrogen (secondary N) is 1. The van der Waals surface area contributed by atoms with Crippen LogP contribution in [0.4, 0.5) is 0 Å². The van der Waals surface area contributed by atoms with Crippen molar-refractivity contribution in [3.63, 3.8) is 0 Å². The van der Waals surface area contributed by atoms with Crippen LogP contribution in [0.3, 0.4) is 0 Å². The molecule has 0 unspecified atom stereocenters. The predicted octanol–water partition coefficient (Wildman–Crippen LogP) is 3.06. The minimum Gasteiger partial charge on any atom is -0.353 e. The van der Waals surface area contributed by atoms with E-state index in [9.17, 15) is 9.59 Å². The lowest BCUT2D eigenvalue weighted by Crippen LogP contribution is -2.38.